The summed E-state index contributed by atoms with van der Waals surface area (Å²) in [6.07, 6.45) is 0. The van der Waals surface area contributed by atoms with Crippen LogP contribution in [0, 0.1) is 6.92 Å². The molecule has 0 atom stereocenters. The van der Waals surface area contributed by atoms with E-state index >= 15 is 0 Å². The Kier molecular flexibility index (Phi) is 3.27. The lowest BCUT2D eigenvalue weighted by atomic mass is 10.1. The minimum Gasteiger partial charge on any atom is -0.373 e. The molecule has 6 nitrogen and oxygen atoms in total. The summed E-state index contributed by atoms with van der Waals surface area (Å²) in [6, 6.07) is 11.8. The molecule has 21 heavy (non-hydrogen) atoms. The van der Waals surface area contributed by atoms with Crippen molar-refractivity contribution in [2.75, 3.05) is 23.4 Å². The maximum atomic E-state index is 5.71. The second-order valence-corrected chi connectivity index (χ2v) is 4.70. The molecule has 2 heterocycles. The first-order valence-corrected chi connectivity index (χ1v) is 6.61. The minimum absolute atomic E-state index is 0.216. The van der Waals surface area contributed by atoms with Gasteiger partial charge in [0.25, 0.3) is 0 Å². The molecule has 0 aliphatic heterocycles. The second kappa shape index (κ2) is 5.24. The quantitative estimate of drug-likeness (QED) is 0.683. The highest BCUT2D eigenvalue weighted by molar-refractivity contribution is 5.92. The summed E-state index contributed by atoms with van der Waals surface area (Å²) in [4.78, 5) is 12.8. The number of hydrogen-bond acceptors (Lipinski definition) is 6. The largest absolute Gasteiger partial charge is 0.373 e. The van der Waals surface area contributed by atoms with Gasteiger partial charge in [-0.3, -0.25) is 4.98 Å². The number of benzene rings is 1. The summed E-state index contributed by atoms with van der Waals surface area (Å²) in [5, 5.41) is 7.28. The molecule has 0 fully saturated rings. The normalized spacial score (nSPS) is 10.6. The predicted molar refractivity (Wildman–Crippen MR) is 85.8 cm³/mol. The van der Waals surface area contributed by atoms with Crippen molar-refractivity contribution < 1.29 is 0 Å². The zero-order valence-corrected chi connectivity index (χ0v) is 11.9. The van der Waals surface area contributed by atoms with Crippen LogP contribution in [0.15, 0.2) is 36.4 Å². The average molecular weight is 280 g/mol. The highest BCUT2D eigenvalue weighted by Crippen LogP contribution is 2.25. The van der Waals surface area contributed by atoms with E-state index in [1.807, 2.05) is 31.2 Å². The first-order valence-electron chi connectivity index (χ1n) is 6.61. The summed E-state index contributed by atoms with van der Waals surface area (Å²) in [6.45, 7) is 1.97. The zero-order valence-electron chi connectivity index (χ0n) is 11.9. The Morgan fingerprint density at radius 3 is 2.62 bits per heavy atom. The fourth-order valence-corrected chi connectivity index (χ4v) is 2.14. The highest BCUT2D eigenvalue weighted by atomic mass is 15.1. The fraction of sp³-hybridized carbons (Fsp3) is 0.133. The van der Waals surface area contributed by atoms with E-state index in [4.69, 9.17) is 5.73 Å². The van der Waals surface area contributed by atoms with Crippen LogP contribution >= 0.6 is 0 Å². The molecule has 0 aliphatic rings. The number of aryl methyl sites for hydroxylation is 1. The van der Waals surface area contributed by atoms with Gasteiger partial charge in [-0.25, -0.2) is 0 Å². The molecule has 0 spiro atoms. The van der Waals surface area contributed by atoms with Crippen LogP contribution in [0.4, 0.5) is 23.3 Å². The van der Waals surface area contributed by atoms with Gasteiger partial charge < -0.3 is 16.4 Å². The third-order valence-corrected chi connectivity index (χ3v) is 3.12. The monoisotopic (exact) mass is 280 g/mol. The van der Waals surface area contributed by atoms with Gasteiger partial charge >= 0.3 is 0 Å². The smallest absolute Gasteiger partial charge is 0.223 e. The summed E-state index contributed by atoms with van der Waals surface area (Å²) >= 11 is 0. The van der Waals surface area contributed by atoms with Crippen molar-refractivity contribution in [1.82, 2.24) is 15.0 Å². The van der Waals surface area contributed by atoms with Crippen LogP contribution in [0.25, 0.3) is 10.9 Å². The molecule has 2 aromatic heterocycles. The van der Waals surface area contributed by atoms with Crippen LogP contribution in [0.2, 0.25) is 0 Å². The van der Waals surface area contributed by atoms with Gasteiger partial charge in [-0.1, -0.05) is 18.2 Å². The second-order valence-electron chi connectivity index (χ2n) is 4.70. The van der Waals surface area contributed by atoms with Gasteiger partial charge in [-0.2, -0.15) is 9.97 Å². The third kappa shape index (κ3) is 2.69. The summed E-state index contributed by atoms with van der Waals surface area (Å²) in [5.41, 5.74) is 8.46. The number of nitrogens with one attached hydrogen (secondary N) is 2. The Morgan fingerprint density at radius 1 is 1.00 bits per heavy atom. The van der Waals surface area contributed by atoms with Crippen LogP contribution < -0.4 is 16.4 Å². The van der Waals surface area contributed by atoms with E-state index in [9.17, 15) is 0 Å². The number of fused-ring (bicyclic) bond motifs is 1. The number of nitrogens with two attached hydrogens (primary N) is 1. The third-order valence-electron chi connectivity index (χ3n) is 3.12. The topological polar surface area (TPSA) is 88.8 Å². The molecule has 0 saturated carbocycles. The van der Waals surface area contributed by atoms with Gasteiger partial charge in [0, 0.05) is 24.2 Å². The standard InChI is InChI=1S/C15H16N6/c1-9-6-7-10-4-3-5-11(14(10)18-9)19-13-8-12(17-2)20-15(16)21-13/h3-8H,1-2H3,(H4,16,17,19,20,21). The molecule has 3 rings (SSSR count). The molecule has 0 saturated heterocycles. The molecule has 0 aliphatic carbocycles. The highest BCUT2D eigenvalue weighted by Gasteiger charge is 2.06. The van der Waals surface area contributed by atoms with Gasteiger partial charge in [-0.05, 0) is 19.1 Å². The summed E-state index contributed by atoms with van der Waals surface area (Å²) in [7, 11) is 1.79. The van der Waals surface area contributed by atoms with E-state index in [0.717, 1.165) is 22.3 Å². The average Bonchev–Trinajstić information content (AvgIpc) is 2.47. The van der Waals surface area contributed by atoms with Crippen LogP contribution in [-0.2, 0) is 0 Å². The Hall–Kier alpha value is -2.89. The van der Waals surface area contributed by atoms with Crippen LogP contribution in [-0.4, -0.2) is 22.0 Å². The number of pyridine rings is 1. The van der Waals surface area contributed by atoms with E-state index in [1.165, 1.54) is 0 Å². The number of rotatable bonds is 3. The van der Waals surface area contributed by atoms with Crippen molar-refractivity contribution >= 4 is 34.2 Å². The van der Waals surface area contributed by atoms with Crippen molar-refractivity contribution in [2.45, 2.75) is 6.92 Å². The van der Waals surface area contributed by atoms with Gasteiger partial charge in [0.05, 0.1) is 11.2 Å². The maximum Gasteiger partial charge on any atom is 0.223 e. The molecule has 4 N–H and O–H groups in total. The Balaban J connectivity index is 2.05. The molecule has 0 unspecified atom stereocenters. The van der Waals surface area contributed by atoms with Gasteiger partial charge in [0.2, 0.25) is 5.95 Å². The number of aromatic nitrogens is 3. The van der Waals surface area contributed by atoms with E-state index < -0.39 is 0 Å². The fourth-order valence-electron chi connectivity index (χ4n) is 2.14. The lowest BCUT2D eigenvalue weighted by Gasteiger charge is -2.10. The lowest BCUT2D eigenvalue weighted by Crippen LogP contribution is -2.03. The Bertz CT molecular complexity index is 799. The number of para-hydroxylation sites is 1. The molecule has 106 valence electrons. The Morgan fingerprint density at radius 2 is 1.81 bits per heavy atom. The lowest BCUT2D eigenvalue weighted by molar-refractivity contribution is 1.17. The number of nitrogens with zero attached hydrogens (tertiary/aromatic N) is 3. The molecule has 1 aromatic carbocycles. The predicted octanol–water partition coefficient (Wildman–Crippen LogP) is 2.70. The summed E-state index contributed by atoms with van der Waals surface area (Å²) in [5.74, 6) is 1.51. The molecular weight excluding hydrogens is 264 g/mol. The number of nitrogen functional groups attached to an aromatic ring is 1. The zero-order chi connectivity index (χ0) is 14.8. The van der Waals surface area contributed by atoms with Crippen LogP contribution in [0.1, 0.15) is 5.69 Å². The molecule has 0 bridgehead atoms. The molecule has 0 radical (unpaired) electrons. The Labute approximate surface area is 122 Å². The van der Waals surface area contributed by atoms with E-state index in [2.05, 4.69) is 31.7 Å². The van der Waals surface area contributed by atoms with Gasteiger partial charge in [-0.15, -0.1) is 0 Å². The van der Waals surface area contributed by atoms with Crippen molar-refractivity contribution in [3.63, 3.8) is 0 Å². The van der Waals surface area contributed by atoms with E-state index in [1.54, 1.807) is 13.1 Å². The molecular formula is C15H16N6. The SMILES string of the molecule is CNc1cc(Nc2cccc3ccc(C)nc23)nc(N)n1. The van der Waals surface area contributed by atoms with Crippen molar-refractivity contribution in [3.05, 3.63) is 42.1 Å². The van der Waals surface area contributed by atoms with Gasteiger partial charge in [0.15, 0.2) is 0 Å². The van der Waals surface area contributed by atoms with Crippen LogP contribution in [0.5, 0.6) is 0 Å². The van der Waals surface area contributed by atoms with E-state index in [-0.39, 0.29) is 5.95 Å². The number of hydrogen-bond donors (Lipinski definition) is 3. The van der Waals surface area contributed by atoms with Crippen molar-refractivity contribution in [3.8, 4) is 0 Å². The molecule has 3 aromatic rings. The molecule has 6 heteroatoms. The minimum atomic E-state index is 0.216. The summed E-state index contributed by atoms with van der Waals surface area (Å²) < 4.78 is 0. The number of anilines is 4. The first kappa shape index (κ1) is 13.1. The first-order chi connectivity index (χ1) is 10.2. The van der Waals surface area contributed by atoms with Gasteiger partial charge in [0.1, 0.15) is 11.6 Å². The van der Waals surface area contributed by atoms with Crippen molar-refractivity contribution in [2.24, 2.45) is 0 Å². The maximum absolute atomic E-state index is 5.71. The molecule has 0 amide bonds. The van der Waals surface area contributed by atoms with Crippen LogP contribution in [0.3, 0.4) is 0 Å². The van der Waals surface area contributed by atoms with Crippen molar-refractivity contribution in [1.29, 1.82) is 0 Å². The van der Waals surface area contributed by atoms with E-state index in [0.29, 0.717) is 11.6 Å².